The molecular formula is C17H20F3NO2. The van der Waals surface area contributed by atoms with Crippen LogP contribution in [-0.2, 0) is 4.79 Å². The third-order valence-electron chi connectivity index (χ3n) is 5.05. The van der Waals surface area contributed by atoms with Crippen LogP contribution in [0.3, 0.4) is 0 Å². The Labute approximate surface area is 133 Å². The predicted molar refractivity (Wildman–Crippen MR) is 78.6 cm³/mol. The fourth-order valence-corrected chi connectivity index (χ4v) is 3.93. The molecule has 0 radical (unpaired) electrons. The first-order chi connectivity index (χ1) is 10.8. The summed E-state index contributed by atoms with van der Waals surface area (Å²) in [4.78, 5) is 12.4. The minimum atomic E-state index is -4.69. The minimum Gasteiger partial charge on any atom is -0.406 e. The zero-order chi connectivity index (χ0) is 16.6. The van der Waals surface area contributed by atoms with Crippen molar-refractivity contribution >= 4 is 5.91 Å². The van der Waals surface area contributed by atoms with E-state index in [9.17, 15) is 18.0 Å². The summed E-state index contributed by atoms with van der Waals surface area (Å²) in [6.07, 6.45) is -0.175. The lowest BCUT2D eigenvalue weighted by atomic mass is 9.88. The van der Waals surface area contributed by atoms with Gasteiger partial charge in [-0.15, -0.1) is 13.2 Å². The van der Waals surface area contributed by atoms with Crippen LogP contribution in [0.25, 0.3) is 0 Å². The van der Waals surface area contributed by atoms with Gasteiger partial charge in [-0.2, -0.15) is 0 Å². The monoisotopic (exact) mass is 327 g/mol. The molecule has 2 saturated carbocycles. The zero-order valence-electron chi connectivity index (χ0n) is 12.9. The molecule has 2 fully saturated rings. The number of rotatable bonds is 4. The highest BCUT2D eigenvalue weighted by Gasteiger charge is 2.43. The van der Waals surface area contributed by atoms with Crippen LogP contribution < -0.4 is 10.1 Å². The van der Waals surface area contributed by atoms with Gasteiger partial charge in [0.05, 0.1) is 6.04 Å². The second-order valence-electron chi connectivity index (χ2n) is 6.63. The van der Waals surface area contributed by atoms with Gasteiger partial charge in [0.15, 0.2) is 0 Å². The summed E-state index contributed by atoms with van der Waals surface area (Å²) in [5.74, 6) is 1.12. The van der Waals surface area contributed by atoms with E-state index in [1.54, 1.807) is 12.1 Å². The van der Waals surface area contributed by atoms with E-state index in [0.717, 1.165) is 24.8 Å². The summed E-state index contributed by atoms with van der Waals surface area (Å²) in [6.45, 7) is 1.84. The third-order valence-corrected chi connectivity index (χ3v) is 5.05. The predicted octanol–water partition coefficient (Wildman–Crippen LogP) is 4.20. The Balaban J connectivity index is 1.57. The van der Waals surface area contributed by atoms with E-state index < -0.39 is 6.36 Å². The molecule has 3 nitrogen and oxygen atoms in total. The fourth-order valence-electron chi connectivity index (χ4n) is 3.93. The van der Waals surface area contributed by atoms with E-state index in [1.165, 1.54) is 18.6 Å². The van der Waals surface area contributed by atoms with Gasteiger partial charge in [-0.05, 0) is 55.7 Å². The first kappa shape index (κ1) is 16.1. The van der Waals surface area contributed by atoms with Crippen molar-refractivity contribution in [3.8, 4) is 5.75 Å². The highest BCUT2D eigenvalue weighted by Crippen LogP contribution is 2.48. The number of ether oxygens (including phenoxy) is 1. The number of halogens is 3. The molecule has 1 aromatic carbocycles. The molecule has 6 heteroatoms. The van der Waals surface area contributed by atoms with Crippen LogP contribution >= 0.6 is 0 Å². The van der Waals surface area contributed by atoms with Crippen molar-refractivity contribution in [2.24, 2.45) is 17.8 Å². The van der Waals surface area contributed by atoms with Crippen molar-refractivity contribution < 1.29 is 22.7 Å². The van der Waals surface area contributed by atoms with E-state index in [1.807, 2.05) is 6.92 Å². The molecule has 1 aromatic rings. The molecule has 2 bridgehead atoms. The number of hydrogen-bond acceptors (Lipinski definition) is 2. The molecule has 1 N–H and O–H groups in total. The minimum absolute atomic E-state index is 0.0697. The number of nitrogens with one attached hydrogen (secondary N) is 1. The summed E-state index contributed by atoms with van der Waals surface area (Å²) in [6, 6.07) is 5.40. The van der Waals surface area contributed by atoms with Crippen LogP contribution in [0.4, 0.5) is 13.2 Å². The lowest BCUT2D eigenvalue weighted by molar-refractivity contribution is -0.274. The first-order valence-corrected chi connectivity index (χ1v) is 7.98. The molecule has 3 rings (SSSR count). The quantitative estimate of drug-likeness (QED) is 0.900. The van der Waals surface area contributed by atoms with Crippen LogP contribution in [0.5, 0.6) is 5.75 Å². The van der Waals surface area contributed by atoms with Crippen LogP contribution in [0, 0.1) is 17.8 Å². The summed E-state index contributed by atoms with van der Waals surface area (Å²) in [5, 5.41) is 2.99. The van der Waals surface area contributed by atoms with Crippen LogP contribution in [0.15, 0.2) is 24.3 Å². The van der Waals surface area contributed by atoms with Gasteiger partial charge in [-0.1, -0.05) is 18.6 Å². The van der Waals surface area contributed by atoms with Gasteiger partial charge in [0.1, 0.15) is 5.75 Å². The number of alkyl halides is 3. The van der Waals surface area contributed by atoms with E-state index in [-0.39, 0.29) is 23.6 Å². The number of fused-ring (bicyclic) bond motifs is 2. The number of carbonyl (C=O) groups is 1. The van der Waals surface area contributed by atoms with Crippen molar-refractivity contribution in [1.29, 1.82) is 0 Å². The summed E-state index contributed by atoms with van der Waals surface area (Å²) >= 11 is 0. The van der Waals surface area contributed by atoms with Crippen LogP contribution in [0.1, 0.15) is 44.2 Å². The van der Waals surface area contributed by atoms with Crippen LogP contribution in [0.2, 0.25) is 0 Å². The Hall–Kier alpha value is -1.72. The molecule has 0 saturated heterocycles. The maximum Gasteiger partial charge on any atom is 0.573 e. The van der Waals surface area contributed by atoms with Crippen molar-refractivity contribution in [2.75, 3.05) is 0 Å². The summed E-state index contributed by atoms with van der Waals surface area (Å²) in [5.41, 5.74) is 0.760. The Morgan fingerprint density at radius 3 is 2.43 bits per heavy atom. The second kappa shape index (κ2) is 6.06. The molecule has 0 spiro atoms. The van der Waals surface area contributed by atoms with Crippen molar-refractivity contribution in [3.05, 3.63) is 29.8 Å². The molecule has 126 valence electrons. The molecule has 0 unspecified atom stereocenters. The Morgan fingerprint density at radius 1 is 1.22 bits per heavy atom. The molecule has 0 aliphatic heterocycles. The van der Waals surface area contributed by atoms with Crippen molar-refractivity contribution in [3.63, 3.8) is 0 Å². The van der Waals surface area contributed by atoms with Gasteiger partial charge in [0, 0.05) is 5.92 Å². The molecule has 2 aliphatic rings. The number of carbonyl (C=O) groups excluding carboxylic acids is 1. The topological polar surface area (TPSA) is 38.3 Å². The highest BCUT2D eigenvalue weighted by molar-refractivity contribution is 5.80. The average molecular weight is 327 g/mol. The van der Waals surface area contributed by atoms with E-state index in [2.05, 4.69) is 10.1 Å². The van der Waals surface area contributed by atoms with Gasteiger partial charge in [-0.3, -0.25) is 4.79 Å². The zero-order valence-corrected chi connectivity index (χ0v) is 12.9. The second-order valence-corrected chi connectivity index (χ2v) is 6.63. The van der Waals surface area contributed by atoms with E-state index in [4.69, 9.17) is 0 Å². The molecule has 1 amide bonds. The van der Waals surface area contributed by atoms with Crippen molar-refractivity contribution in [1.82, 2.24) is 5.32 Å². The molecular weight excluding hydrogens is 307 g/mol. The first-order valence-electron chi connectivity index (χ1n) is 7.98. The maximum absolute atomic E-state index is 12.4. The van der Waals surface area contributed by atoms with Gasteiger partial charge >= 0.3 is 6.36 Å². The standard InChI is InChI=1S/C17H20F3NO2/c1-10(12-4-6-14(7-5-12)23-17(18,19)20)21-16(22)15-9-11-2-3-13(15)8-11/h4-7,10-11,13,15H,2-3,8-9H2,1H3,(H,21,22)/t10-,11+,13+,15-/m1/s1. The average Bonchev–Trinajstić information content (AvgIpc) is 3.08. The molecule has 4 atom stereocenters. The normalized spacial score (nSPS) is 27.7. The molecule has 2 aliphatic carbocycles. The smallest absolute Gasteiger partial charge is 0.406 e. The maximum atomic E-state index is 12.4. The SMILES string of the molecule is C[C@@H](NC(=O)[C@@H]1C[C@H]2CC[C@H]1C2)c1ccc(OC(F)(F)F)cc1. The fraction of sp³-hybridized carbons (Fsp3) is 0.588. The summed E-state index contributed by atoms with van der Waals surface area (Å²) in [7, 11) is 0. The van der Waals surface area contributed by atoms with Crippen molar-refractivity contribution in [2.45, 2.75) is 45.0 Å². The molecule has 23 heavy (non-hydrogen) atoms. The lowest BCUT2D eigenvalue weighted by Gasteiger charge is -2.23. The Morgan fingerprint density at radius 2 is 1.91 bits per heavy atom. The number of hydrogen-bond donors (Lipinski definition) is 1. The summed E-state index contributed by atoms with van der Waals surface area (Å²) < 4.78 is 40.3. The van der Waals surface area contributed by atoms with Gasteiger partial charge in [0.2, 0.25) is 5.91 Å². The largest absolute Gasteiger partial charge is 0.573 e. The van der Waals surface area contributed by atoms with Gasteiger partial charge in [-0.25, -0.2) is 0 Å². The van der Waals surface area contributed by atoms with Gasteiger partial charge < -0.3 is 10.1 Å². The van der Waals surface area contributed by atoms with Gasteiger partial charge in [0.25, 0.3) is 0 Å². The molecule has 0 aromatic heterocycles. The molecule has 0 heterocycles. The lowest BCUT2D eigenvalue weighted by Crippen LogP contribution is -2.35. The van der Waals surface area contributed by atoms with E-state index >= 15 is 0 Å². The highest BCUT2D eigenvalue weighted by atomic mass is 19.4. The Kier molecular flexibility index (Phi) is 4.25. The number of benzene rings is 1. The van der Waals surface area contributed by atoms with E-state index in [0.29, 0.717) is 11.8 Å². The Bertz CT molecular complexity index is 570. The van der Waals surface area contributed by atoms with Crippen LogP contribution in [-0.4, -0.2) is 12.3 Å². The third kappa shape index (κ3) is 3.79. The number of amides is 1.